The predicted octanol–water partition coefficient (Wildman–Crippen LogP) is 3.73. The molecule has 4 aromatic rings. The number of hydrogen-bond acceptors (Lipinski definition) is 4. The van der Waals surface area contributed by atoms with Gasteiger partial charge in [-0.15, -0.1) is 0 Å². The Morgan fingerprint density at radius 1 is 1.11 bits per heavy atom. The summed E-state index contributed by atoms with van der Waals surface area (Å²) in [6.07, 6.45) is 5.17. The number of urea groups is 1. The van der Waals surface area contributed by atoms with Gasteiger partial charge in [0, 0.05) is 24.5 Å². The summed E-state index contributed by atoms with van der Waals surface area (Å²) in [6.45, 7) is 0.429. The van der Waals surface area contributed by atoms with Crippen LogP contribution in [0.2, 0.25) is 0 Å². The number of methoxy groups -OCH3 is 1. The number of anilines is 1. The number of fused-ring (bicyclic) bond motifs is 1. The van der Waals surface area contributed by atoms with Gasteiger partial charge in [0.15, 0.2) is 0 Å². The summed E-state index contributed by atoms with van der Waals surface area (Å²) in [5.41, 5.74) is 4.36. The lowest BCUT2D eigenvalue weighted by atomic mass is 10.1. The van der Waals surface area contributed by atoms with Crippen molar-refractivity contribution in [3.63, 3.8) is 0 Å². The molecule has 3 heterocycles. The molecule has 0 spiro atoms. The van der Waals surface area contributed by atoms with Crippen molar-refractivity contribution >= 4 is 17.2 Å². The number of pyridine rings is 2. The zero-order valence-corrected chi connectivity index (χ0v) is 15.3. The van der Waals surface area contributed by atoms with Crippen molar-refractivity contribution in [2.24, 2.45) is 0 Å². The fraction of sp³-hybridized carbons (Fsp3) is 0.0952. The first-order valence-corrected chi connectivity index (χ1v) is 8.79. The van der Waals surface area contributed by atoms with Crippen LogP contribution in [0.25, 0.3) is 16.8 Å². The average Bonchev–Trinajstić information content (AvgIpc) is 3.16. The van der Waals surface area contributed by atoms with Crippen molar-refractivity contribution in [3.05, 3.63) is 78.8 Å². The van der Waals surface area contributed by atoms with E-state index in [9.17, 15) is 4.79 Å². The summed E-state index contributed by atoms with van der Waals surface area (Å²) in [7, 11) is 1.64. The molecule has 0 atom stereocenters. The van der Waals surface area contributed by atoms with Crippen LogP contribution >= 0.6 is 0 Å². The third-order valence-electron chi connectivity index (χ3n) is 4.29. The Bertz CT molecular complexity index is 1110. The average molecular weight is 373 g/mol. The number of carbonyl (C=O) groups is 1. The number of aromatic nitrogens is 3. The van der Waals surface area contributed by atoms with Gasteiger partial charge in [0.25, 0.3) is 0 Å². The maximum absolute atomic E-state index is 12.1. The SMILES string of the molecule is COc1cccc(-c2cc3ccc(NC(=O)NCc4ccncc4)cn3n2)c1. The summed E-state index contributed by atoms with van der Waals surface area (Å²) in [4.78, 5) is 16.1. The maximum atomic E-state index is 12.1. The van der Waals surface area contributed by atoms with Gasteiger partial charge in [-0.25, -0.2) is 9.31 Å². The van der Waals surface area contributed by atoms with Crippen LogP contribution in [0.1, 0.15) is 5.56 Å². The van der Waals surface area contributed by atoms with Crippen LogP contribution in [-0.4, -0.2) is 27.7 Å². The molecule has 7 nitrogen and oxygen atoms in total. The van der Waals surface area contributed by atoms with Gasteiger partial charge in [-0.05, 0) is 48.0 Å². The molecular formula is C21H19N5O2. The lowest BCUT2D eigenvalue weighted by Crippen LogP contribution is -2.28. The lowest BCUT2D eigenvalue weighted by molar-refractivity contribution is 0.251. The number of amides is 2. The standard InChI is InChI=1S/C21H19N5O2/c1-28-19-4-2-3-16(11-19)20-12-18-6-5-17(14-26(18)25-20)24-21(27)23-13-15-7-9-22-10-8-15/h2-12,14H,13H2,1H3,(H2,23,24,27). The van der Waals surface area contributed by atoms with Gasteiger partial charge in [-0.1, -0.05) is 12.1 Å². The first-order valence-electron chi connectivity index (χ1n) is 8.79. The Labute approximate surface area is 162 Å². The first kappa shape index (κ1) is 17.5. The Morgan fingerprint density at radius 2 is 1.96 bits per heavy atom. The molecule has 28 heavy (non-hydrogen) atoms. The van der Waals surface area contributed by atoms with Crippen molar-refractivity contribution in [1.29, 1.82) is 0 Å². The summed E-state index contributed by atoms with van der Waals surface area (Å²) in [6, 6.07) is 16.9. The quantitative estimate of drug-likeness (QED) is 0.559. The predicted molar refractivity (Wildman–Crippen MR) is 107 cm³/mol. The topological polar surface area (TPSA) is 80.5 Å². The molecule has 0 saturated carbocycles. The van der Waals surface area contributed by atoms with Gasteiger partial charge in [0.2, 0.25) is 0 Å². The molecule has 140 valence electrons. The van der Waals surface area contributed by atoms with Gasteiger partial charge in [0.1, 0.15) is 5.75 Å². The highest BCUT2D eigenvalue weighted by Crippen LogP contribution is 2.24. The van der Waals surface area contributed by atoms with Crippen LogP contribution in [0.5, 0.6) is 5.75 Å². The van der Waals surface area contributed by atoms with E-state index in [2.05, 4.69) is 20.7 Å². The maximum Gasteiger partial charge on any atom is 0.319 e. The number of rotatable bonds is 5. The molecule has 4 rings (SSSR count). The third kappa shape index (κ3) is 3.93. The van der Waals surface area contributed by atoms with Gasteiger partial charge in [0.05, 0.1) is 30.2 Å². The number of hydrogen-bond donors (Lipinski definition) is 2. The second kappa shape index (κ2) is 7.79. The highest BCUT2D eigenvalue weighted by molar-refractivity contribution is 5.89. The molecule has 2 amide bonds. The first-order chi connectivity index (χ1) is 13.7. The molecule has 0 unspecified atom stereocenters. The van der Waals surface area contributed by atoms with Crippen molar-refractivity contribution < 1.29 is 9.53 Å². The Hall–Kier alpha value is -3.87. The highest BCUT2D eigenvalue weighted by atomic mass is 16.5. The molecule has 0 saturated heterocycles. The number of nitrogens with one attached hydrogen (secondary N) is 2. The normalized spacial score (nSPS) is 10.6. The van der Waals surface area contributed by atoms with E-state index >= 15 is 0 Å². The summed E-state index contributed by atoms with van der Waals surface area (Å²) in [5, 5.41) is 10.2. The second-order valence-electron chi connectivity index (χ2n) is 6.21. The number of benzene rings is 1. The van der Waals surface area contributed by atoms with Crippen LogP contribution in [0.4, 0.5) is 10.5 Å². The van der Waals surface area contributed by atoms with E-state index in [1.54, 1.807) is 30.2 Å². The molecule has 7 heteroatoms. The van der Waals surface area contributed by atoms with Gasteiger partial charge in [-0.2, -0.15) is 5.10 Å². The van der Waals surface area contributed by atoms with E-state index < -0.39 is 0 Å². The van der Waals surface area contributed by atoms with Gasteiger partial charge >= 0.3 is 6.03 Å². The van der Waals surface area contributed by atoms with Crippen LogP contribution in [0.15, 0.2) is 73.2 Å². The highest BCUT2D eigenvalue weighted by Gasteiger charge is 2.08. The fourth-order valence-electron chi connectivity index (χ4n) is 2.84. The monoisotopic (exact) mass is 373 g/mol. The molecule has 1 aromatic carbocycles. The number of nitrogens with zero attached hydrogens (tertiary/aromatic N) is 3. The molecular weight excluding hydrogens is 354 g/mol. The molecule has 3 aromatic heterocycles. The molecule has 0 aliphatic rings. The summed E-state index contributed by atoms with van der Waals surface area (Å²) < 4.78 is 7.02. The van der Waals surface area contributed by atoms with Crippen molar-refractivity contribution in [1.82, 2.24) is 19.9 Å². The van der Waals surface area contributed by atoms with Crippen LogP contribution < -0.4 is 15.4 Å². The van der Waals surface area contributed by atoms with Crippen LogP contribution in [-0.2, 0) is 6.54 Å². The van der Waals surface area contributed by atoms with E-state index in [1.807, 2.05) is 54.6 Å². The minimum atomic E-state index is -0.281. The second-order valence-corrected chi connectivity index (χ2v) is 6.21. The Kier molecular flexibility index (Phi) is 4.88. The number of ether oxygens (including phenoxy) is 1. The van der Waals surface area contributed by atoms with E-state index in [-0.39, 0.29) is 6.03 Å². The Morgan fingerprint density at radius 3 is 2.79 bits per heavy atom. The molecule has 0 fully saturated rings. The van der Waals surface area contributed by atoms with Gasteiger partial charge in [-0.3, -0.25) is 4.98 Å². The van der Waals surface area contributed by atoms with E-state index in [0.29, 0.717) is 12.2 Å². The summed E-state index contributed by atoms with van der Waals surface area (Å²) in [5.74, 6) is 0.780. The molecule has 0 bridgehead atoms. The van der Waals surface area contributed by atoms with Gasteiger partial charge < -0.3 is 15.4 Å². The van der Waals surface area contributed by atoms with E-state index in [1.165, 1.54) is 0 Å². The fourth-order valence-corrected chi connectivity index (χ4v) is 2.84. The minimum absolute atomic E-state index is 0.281. The van der Waals surface area contributed by atoms with E-state index in [4.69, 9.17) is 4.74 Å². The van der Waals surface area contributed by atoms with E-state index in [0.717, 1.165) is 28.1 Å². The number of carbonyl (C=O) groups excluding carboxylic acids is 1. The molecule has 0 aliphatic carbocycles. The van der Waals surface area contributed by atoms with Crippen molar-refractivity contribution in [2.75, 3.05) is 12.4 Å². The molecule has 2 N–H and O–H groups in total. The van der Waals surface area contributed by atoms with Crippen molar-refractivity contribution in [2.45, 2.75) is 6.54 Å². The van der Waals surface area contributed by atoms with Crippen LogP contribution in [0.3, 0.4) is 0 Å². The van der Waals surface area contributed by atoms with Crippen LogP contribution in [0, 0.1) is 0 Å². The zero-order valence-electron chi connectivity index (χ0n) is 15.3. The van der Waals surface area contributed by atoms with Crippen molar-refractivity contribution in [3.8, 4) is 17.0 Å². The molecule has 0 aliphatic heterocycles. The zero-order chi connectivity index (χ0) is 19.3. The Balaban J connectivity index is 1.47. The largest absolute Gasteiger partial charge is 0.497 e. The molecule has 0 radical (unpaired) electrons. The lowest BCUT2D eigenvalue weighted by Gasteiger charge is -2.07. The smallest absolute Gasteiger partial charge is 0.319 e. The third-order valence-corrected chi connectivity index (χ3v) is 4.29. The minimum Gasteiger partial charge on any atom is -0.497 e. The summed E-state index contributed by atoms with van der Waals surface area (Å²) >= 11 is 0.